The van der Waals surface area contributed by atoms with E-state index < -0.39 is 0 Å². The van der Waals surface area contributed by atoms with Crippen LogP contribution >= 0.6 is 0 Å². The minimum atomic E-state index is 0.105. The molecule has 0 saturated carbocycles. The number of nitrogens with one attached hydrogen (secondary N) is 1. The van der Waals surface area contributed by atoms with Crippen LogP contribution in [-0.4, -0.2) is 31.3 Å². The highest BCUT2D eigenvalue weighted by atomic mass is 16.2. The van der Waals surface area contributed by atoms with E-state index in [-0.39, 0.29) is 5.91 Å². The van der Waals surface area contributed by atoms with Gasteiger partial charge in [0, 0.05) is 26.2 Å². The van der Waals surface area contributed by atoms with Crippen LogP contribution in [0.25, 0.3) is 0 Å². The van der Waals surface area contributed by atoms with Crippen LogP contribution in [0.1, 0.15) is 12.0 Å². The molecule has 0 bridgehead atoms. The van der Waals surface area contributed by atoms with Crippen molar-refractivity contribution in [2.75, 3.05) is 19.4 Å². The third kappa shape index (κ3) is 3.73. The van der Waals surface area contributed by atoms with Crippen LogP contribution in [0.3, 0.4) is 0 Å². The number of carbonyl (C=O) groups is 2. The number of anilines is 1. The van der Waals surface area contributed by atoms with Gasteiger partial charge < -0.3 is 10.2 Å². The summed E-state index contributed by atoms with van der Waals surface area (Å²) >= 11 is 0. The predicted octanol–water partition coefficient (Wildman–Crippen LogP) is 1.28. The molecule has 1 rings (SSSR count). The summed E-state index contributed by atoms with van der Waals surface area (Å²) < 4.78 is 0. The van der Waals surface area contributed by atoms with E-state index in [1.165, 1.54) is 0 Å². The van der Waals surface area contributed by atoms with Gasteiger partial charge in [-0.3, -0.25) is 9.59 Å². The molecular formula is C12H16N2O2. The predicted molar refractivity (Wildman–Crippen MR) is 63.1 cm³/mol. The van der Waals surface area contributed by atoms with Crippen LogP contribution in [0.2, 0.25) is 0 Å². The average Bonchev–Trinajstić information content (AvgIpc) is 2.26. The summed E-state index contributed by atoms with van der Waals surface area (Å²) in [4.78, 5) is 23.2. The molecule has 4 nitrogen and oxygen atoms in total. The average molecular weight is 220 g/mol. The molecule has 0 unspecified atom stereocenters. The maximum atomic E-state index is 11.4. The molecule has 86 valence electrons. The van der Waals surface area contributed by atoms with Gasteiger partial charge in [0.2, 0.25) is 12.3 Å². The second kappa shape index (κ2) is 5.90. The summed E-state index contributed by atoms with van der Waals surface area (Å²) in [5, 5.41) is 2.58. The number of hydrogen-bond acceptors (Lipinski definition) is 2. The minimum absolute atomic E-state index is 0.105. The van der Waals surface area contributed by atoms with Crippen molar-refractivity contribution in [2.24, 2.45) is 0 Å². The maximum Gasteiger partial charge on any atom is 0.222 e. The summed E-state index contributed by atoms with van der Waals surface area (Å²) in [5.41, 5.74) is 1.80. The molecule has 1 aromatic carbocycles. The molecule has 0 spiro atoms. The number of carbonyl (C=O) groups excluding carboxylic acids is 2. The zero-order chi connectivity index (χ0) is 12.0. The lowest BCUT2D eigenvalue weighted by atomic mass is 10.1. The quantitative estimate of drug-likeness (QED) is 0.760. The molecule has 0 aliphatic rings. The SMILES string of the molecule is CN(C)C(=O)CCc1cccc(NC=O)c1. The smallest absolute Gasteiger partial charge is 0.222 e. The summed E-state index contributed by atoms with van der Waals surface area (Å²) in [5.74, 6) is 0.105. The van der Waals surface area contributed by atoms with Crippen molar-refractivity contribution in [2.45, 2.75) is 12.8 Å². The zero-order valence-electron chi connectivity index (χ0n) is 9.56. The van der Waals surface area contributed by atoms with E-state index in [1.54, 1.807) is 19.0 Å². The molecule has 0 aromatic heterocycles. The van der Waals surface area contributed by atoms with E-state index in [1.807, 2.05) is 24.3 Å². The van der Waals surface area contributed by atoms with Gasteiger partial charge in [-0.15, -0.1) is 0 Å². The van der Waals surface area contributed by atoms with Gasteiger partial charge in [0.15, 0.2) is 0 Å². The fourth-order valence-corrected chi connectivity index (χ4v) is 1.36. The molecule has 0 fully saturated rings. The Bertz CT molecular complexity index is 375. The normalized spacial score (nSPS) is 9.62. The summed E-state index contributed by atoms with van der Waals surface area (Å²) in [6, 6.07) is 7.49. The van der Waals surface area contributed by atoms with E-state index in [2.05, 4.69) is 5.32 Å². The Morgan fingerprint density at radius 2 is 2.19 bits per heavy atom. The van der Waals surface area contributed by atoms with Crippen molar-refractivity contribution in [3.05, 3.63) is 29.8 Å². The monoisotopic (exact) mass is 220 g/mol. The first-order chi connectivity index (χ1) is 7.63. The zero-order valence-corrected chi connectivity index (χ0v) is 9.56. The number of benzene rings is 1. The number of aryl methyl sites for hydroxylation is 1. The molecule has 0 heterocycles. The molecule has 0 aliphatic heterocycles. The van der Waals surface area contributed by atoms with Gasteiger partial charge in [0.05, 0.1) is 0 Å². The van der Waals surface area contributed by atoms with Gasteiger partial charge in [0.25, 0.3) is 0 Å². The second-order valence-electron chi connectivity index (χ2n) is 3.75. The van der Waals surface area contributed by atoms with Crippen LogP contribution in [0.5, 0.6) is 0 Å². The van der Waals surface area contributed by atoms with Gasteiger partial charge >= 0.3 is 0 Å². The molecule has 1 aromatic rings. The minimum Gasteiger partial charge on any atom is -0.349 e. The molecule has 2 amide bonds. The molecule has 0 saturated heterocycles. The van der Waals surface area contributed by atoms with Crippen molar-refractivity contribution >= 4 is 18.0 Å². The Morgan fingerprint density at radius 3 is 2.81 bits per heavy atom. The number of hydrogen-bond donors (Lipinski definition) is 1. The third-order valence-electron chi connectivity index (χ3n) is 2.28. The first-order valence-electron chi connectivity index (χ1n) is 5.13. The maximum absolute atomic E-state index is 11.4. The van der Waals surface area contributed by atoms with Gasteiger partial charge in [0.1, 0.15) is 0 Å². The standard InChI is InChI=1S/C12H16N2O2/c1-14(2)12(16)7-6-10-4-3-5-11(8-10)13-9-15/h3-5,8-9H,6-7H2,1-2H3,(H,13,15). The van der Waals surface area contributed by atoms with Crippen molar-refractivity contribution < 1.29 is 9.59 Å². The largest absolute Gasteiger partial charge is 0.349 e. The Kier molecular flexibility index (Phi) is 4.51. The fraction of sp³-hybridized carbons (Fsp3) is 0.333. The lowest BCUT2D eigenvalue weighted by Crippen LogP contribution is -2.21. The van der Waals surface area contributed by atoms with Crippen molar-refractivity contribution in [3.8, 4) is 0 Å². The van der Waals surface area contributed by atoms with Crippen LogP contribution in [-0.2, 0) is 16.0 Å². The van der Waals surface area contributed by atoms with Crippen LogP contribution in [0.15, 0.2) is 24.3 Å². The van der Waals surface area contributed by atoms with E-state index in [0.29, 0.717) is 19.3 Å². The van der Waals surface area contributed by atoms with Crippen LogP contribution < -0.4 is 5.32 Å². The van der Waals surface area contributed by atoms with Crippen LogP contribution in [0, 0.1) is 0 Å². The lowest BCUT2D eigenvalue weighted by Gasteiger charge is -2.10. The molecule has 1 N–H and O–H groups in total. The summed E-state index contributed by atoms with van der Waals surface area (Å²) in [6.45, 7) is 0. The third-order valence-corrected chi connectivity index (χ3v) is 2.28. The van der Waals surface area contributed by atoms with Gasteiger partial charge in [-0.25, -0.2) is 0 Å². The molecular weight excluding hydrogens is 204 g/mol. The Morgan fingerprint density at radius 1 is 1.44 bits per heavy atom. The Balaban J connectivity index is 2.57. The highest BCUT2D eigenvalue weighted by Crippen LogP contribution is 2.11. The number of nitrogens with zero attached hydrogens (tertiary/aromatic N) is 1. The topological polar surface area (TPSA) is 49.4 Å². The van der Waals surface area contributed by atoms with Gasteiger partial charge in [-0.1, -0.05) is 12.1 Å². The van der Waals surface area contributed by atoms with Gasteiger partial charge in [-0.05, 0) is 24.1 Å². The summed E-state index contributed by atoms with van der Waals surface area (Å²) in [6.07, 6.45) is 1.81. The molecule has 0 radical (unpaired) electrons. The molecule has 4 heteroatoms. The molecule has 16 heavy (non-hydrogen) atoms. The highest BCUT2D eigenvalue weighted by Gasteiger charge is 2.04. The fourth-order valence-electron chi connectivity index (χ4n) is 1.36. The van der Waals surface area contributed by atoms with Crippen molar-refractivity contribution in [1.29, 1.82) is 0 Å². The van der Waals surface area contributed by atoms with E-state index in [0.717, 1.165) is 11.3 Å². The number of rotatable bonds is 5. The van der Waals surface area contributed by atoms with Crippen molar-refractivity contribution in [1.82, 2.24) is 4.90 Å². The summed E-state index contributed by atoms with van der Waals surface area (Å²) in [7, 11) is 3.49. The first kappa shape index (κ1) is 12.2. The Labute approximate surface area is 95.3 Å². The lowest BCUT2D eigenvalue weighted by molar-refractivity contribution is -0.128. The molecule has 0 atom stereocenters. The van der Waals surface area contributed by atoms with E-state index >= 15 is 0 Å². The van der Waals surface area contributed by atoms with Gasteiger partial charge in [-0.2, -0.15) is 0 Å². The second-order valence-corrected chi connectivity index (χ2v) is 3.75. The van der Waals surface area contributed by atoms with Crippen molar-refractivity contribution in [3.63, 3.8) is 0 Å². The Hall–Kier alpha value is -1.84. The number of amides is 2. The first-order valence-corrected chi connectivity index (χ1v) is 5.13. The van der Waals surface area contributed by atoms with E-state index in [4.69, 9.17) is 0 Å². The highest BCUT2D eigenvalue weighted by molar-refractivity contribution is 5.76. The molecule has 0 aliphatic carbocycles. The van der Waals surface area contributed by atoms with Crippen LogP contribution in [0.4, 0.5) is 5.69 Å². The van der Waals surface area contributed by atoms with E-state index in [9.17, 15) is 9.59 Å².